The standard InChI is InChI=1S/C16H24N2O/c1-13-9-16(6-7-17-13)19-12-15-3-2-8-18(11-15)10-14-4-5-14/h6-7,9,14-15H,2-5,8,10-12H2,1H3. The Morgan fingerprint density at radius 2 is 2.21 bits per heavy atom. The van der Waals surface area contributed by atoms with E-state index in [-0.39, 0.29) is 0 Å². The van der Waals surface area contributed by atoms with E-state index in [4.69, 9.17) is 4.74 Å². The maximum absolute atomic E-state index is 5.93. The van der Waals surface area contributed by atoms with Gasteiger partial charge in [-0.3, -0.25) is 4.98 Å². The molecule has 3 nitrogen and oxygen atoms in total. The van der Waals surface area contributed by atoms with Crippen LogP contribution in [0, 0.1) is 18.8 Å². The van der Waals surface area contributed by atoms with E-state index in [0.29, 0.717) is 5.92 Å². The Morgan fingerprint density at radius 3 is 3.00 bits per heavy atom. The second-order valence-corrected chi connectivity index (χ2v) is 6.16. The van der Waals surface area contributed by atoms with Crippen LogP contribution in [0.25, 0.3) is 0 Å². The van der Waals surface area contributed by atoms with Gasteiger partial charge in [0, 0.05) is 37.0 Å². The van der Waals surface area contributed by atoms with Gasteiger partial charge >= 0.3 is 0 Å². The summed E-state index contributed by atoms with van der Waals surface area (Å²) in [5.74, 6) is 2.66. The Bertz CT molecular complexity index is 417. The molecule has 0 radical (unpaired) electrons. The highest BCUT2D eigenvalue weighted by Gasteiger charge is 2.27. The van der Waals surface area contributed by atoms with Gasteiger partial charge in [-0.25, -0.2) is 0 Å². The number of aromatic nitrogens is 1. The van der Waals surface area contributed by atoms with Crippen LogP contribution in [0.15, 0.2) is 18.3 Å². The molecule has 0 aromatic carbocycles. The highest BCUT2D eigenvalue weighted by atomic mass is 16.5. The quantitative estimate of drug-likeness (QED) is 0.814. The highest BCUT2D eigenvalue weighted by molar-refractivity contribution is 5.21. The third-order valence-corrected chi connectivity index (χ3v) is 4.17. The largest absolute Gasteiger partial charge is 0.493 e. The molecule has 2 aliphatic rings. The fourth-order valence-electron chi connectivity index (χ4n) is 2.94. The van der Waals surface area contributed by atoms with Crippen molar-refractivity contribution in [2.24, 2.45) is 11.8 Å². The third-order valence-electron chi connectivity index (χ3n) is 4.17. The molecule has 1 unspecified atom stereocenters. The zero-order valence-electron chi connectivity index (χ0n) is 11.8. The molecule has 0 amide bonds. The number of likely N-dealkylation sites (tertiary alicyclic amines) is 1. The molecule has 0 N–H and O–H groups in total. The van der Waals surface area contributed by atoms with Gasteiger partial charge in [0.25, 0.3) is 0 Å². The molecule has 19 heavy (non-hydrogen) atoms. The summed E-state index contributed by atoms with van der Waals surface area (Å²) in [6, 6.07) is 3.97. The second-order valence-electron chi connectivity index (χ2n) is 6.16. The lowest BCUT2D eigenvalue weighted by Gasteiger charge is -2.32. The maximum atomic E-state index is 5.93. The topological polar surface area (TPSA) is 25.4 Å². The number of ether oxygens (including phenoxy) is 1. The molecule has 3 heteroatoms. The Labute approximate surface area is 116 Å². The summed E-state index contributed by atoms with van der Waals surface area (Å²) in [7, 11) is 0. The number of hydrogen-bond donors (Lipinski definition) is 0. The van der Waals surface area contributed by atoms with Crippen molar-refractivity contribution in [2.45, 2.75) is 32.6 Å². The summed E-state index contributed by atoms with van der Waals surface area (Å²) in [4.78, 5) is 6.84. The van der Waals surface area contributed by atoms with Gasteiger partial charge in [0.1, 0.15) is 5.75 Å². The average molecular weight is 260 g/mol. The van der Waals surface area contributed by atoms with E-state index < -0.39 is 0 Å². The van der Waals surface area contributed by atoms with Crippen molar-refractivity contribution >= 4 is 0 Å². The molecule has 1 aromatic rings. The van der Waals surface area contributed by atoms with Crippen LogP contribution in [-0.4, -0.2) is 36.1 Å². The Hall–Kier alpha value is -1.09. The summed E-state index contributed by atoms with van der Waals surface area (Å²) >= 11 is 0. The van der Waals surface area contributed by atoms with Crippen LogP contribution in [-0.2, 0) is 0 Å². The van der Waals surface area contributed by atoms with Crippen molar-refractivity contribution in [3.63, 3.8) is 0 Å². The van der Waals surface area contributed by atoms with Crippen molar-refractivity contribution in [3.8, 4) is 5.75 Å². The Morgan fingerprint density at radius 1 is 1.32 bits per heavy atom. The molecule has 1 atom stereocenters. The average Bonchev–Trinajstić information content (AvgIpc) is 3.21. The van der Waals surface area contributed by atoms with E-state index >= 15 is 0 Å². The first-order chi connectivity index (χ1) is 9.29. The van der Waals surface area contributed by atoms with E-state index in [0.717, 1.165) is 24.0 Å². The molecule has 1 aromatic heterocycles. The fraction of sp³-hybridized carbons (Fsp3) is 0.688. The van der Waals surface area contributed by atoms with E-state index in [2.05, 4.69) is 9.88 Å². The van der Waals surface area contributed by atoms with Gasteiger partial charge in [0.2, 0.25) is 0 Å². The summed E-state index contributed by atoms with van der Waals surface area (Å²) < 4.78 is 5.93. The van der Waals surface area contributed by atoms with Crippen molar-refractivity contribution in [3.05, 3.63) is 24.0 Å². The van der Waals surface area contributed by atoms with Gasteiger partial charge in [-0.15, -0.1) is 0 Å². The molecule has 0 bridgehead atoms. The molecule has 1 aliphatic carbocycles. The third kappa shape index (κ3) is 3.93. The second kappa shape index (κ2) is 5.91. The number of nitrogens with zero attached hydrogens (tertiary/aromatic N) is 2. The van der Waals surface area contributed by atoms with Crippen LogP contribution in [0.5, 0.6) is 5.75 Å². The lowest BCUT2D eigenvalue weighted by atomic mass is 9.99. The first kappa shape index (κ1) is 12.9. The van der Waals surface area contributed by atoms with Gasteiger partial charge < -0.3 is 9.64 Å². The molecule has 3 rings (SSSR count). The van der Waals surface area contributed by atoms with Crippen LogP contribution in [0.1, 0.15) is 31.4 Å². The van der Waals surface area contributed by atoms with Gasteiger partial charge in [-0.05, 0) is 51.1 Å². The van der Waals surface area contributed by atoms with Crippen LogP contribution >= 0.6 is 0 Å². The number of rotatable bonds is 5. The summed E-state index contributed by atoms with van der Waals surface area (Å²) in [6.07, 6.45) is 7.37. The smallest absolute Gasteiger partial charge is 0.122 e. The molecule has 2 heterocycles. The van der Waals surface area contributed by atoms with Crippen LogP contribution in [0.3, 0.4) is 0 Å². The molecule has 1 saturated heterocycles. The van der Waals surface area contributed by atoms with E-state index in [1.54, 1.807) is 0 Å². The molecule has 104 valence electrons. The molecule has 1 aliphatic heterocycles. The molecular formula is C16H24N2O. The molecular weight excluding hydrogens is 236 g/mol. The Balaban J connectivity index is 1.46. The van der Waals surface area contributed by atoms with Crippen LogP contribution in [0.2, 0.25) is 0 Å². The summed E-state index contributed by atoms with van der Waals surface area (Å²) in [5, 5.41) is 0. The van der Waals surface area contributed by atoms with Gasteiger partial charge in [-0.1, -0.05) is 0 Å². The SMILES string of the molecule is Cc1cc(OCC2CCCN(CC3CC3)C2)ccn1. The van der Waals surface area contributed by atoms with Crippen molar-refractivity contribution in [1.29, 1.82) is 0 Å². The van der Waals surface area contributed by atoms with Gasteiger partial charge in [0.15, 0.2) is 0 Å². The minimum atomic E-state index is 0.695. The minimum absolute atomic E-state index is 0.695. The lowest BCUT2D eigenvalue weighted by molar-refractivity contribution is 0.126. The number of aryl methyl sites for hydroxylation is 1. The first-order valence-electron chi connectivity index (χ1n) is 7.57. The Kier molecular flexibility index (Phi) is 4.02. The predicted molar refractivity (Wildman–Crippen MR) is 76.4 cm³/mol. The lowest BCUT2D eigenvalue weighted by Crippen LogP contribution is -2.38. The minimum Gasteiger partial charge on any atom is -0.493 e. The van der Waals surface area contributed by atoms with Crippen LogP contribution in [0.4, 0.5) is 0 Å². The highest BCUT2D eigenvalue weighted by Crippen LogP contribution is 2.31. The zero-order valence-corrected chi connectivity index (χ0v) is 11.8. The zero-order chi connectivity index (χ0) is 13.1. The number of hydrogen-bond acceptors (Lipinski definition) is 3. The van der Waals surface area contributed by atoms with E-state index in [1.165, 1.54) is 45.3 Å². The van der Waals surface area contributed by atoms with Crippen molar-refractivity contribution < 1.29 is 4.74 Å². The monoisotopic (exact) mass is 260 g/mol. The number of pyridine rings is 1. The van der Waals surface area contributed by atoms with Gasteiger partial charge in [-0.2, -0.15) is 0 Å². The van der Waals surface area contributed by atoms with E-state index in [1.807, 2.05) is 25.3 Å². The summed E-state index contributed by atoms with van der Waals surface area (Å²) in [6.45, 7) is 6.70. The number of piperidine rings is 1. The fourth-order valence-corrected chi connectivity index (χ4v) is 2.94. The maximum Gasteiger partial charge on any atom is 0.122 e. The molecule has 1 saturated carbocycles. The summed E-state index contributed by atoms with van der Waals surface area (Å²) in [5.41, 5.74) is 1.02. The first-order valence-corrected chi connectivity index (χ1v) is 7.57. The van der Waals surface area contributed by atoms with Crippen LogP contribution < -0.4 is 4.74 Å². The van der Waals surface area contributed by atoms with Gasteiger partial charge in [0.05, 0.1) is 6.61 Å². The normalized spacial score (nSPS) is 24.4. The van der Waals surface area contributed by atoms with Crippen molar-refractivity contribution in [1.82, 2.24) is 9.88 Å². The molecule has 0 spiro atoms. The van der Waals surface area contributed by atoms with Crippen molar-refractivity contribution in [2.75, 3.05) is 26.2 Å². The predicted octanol–water partition coefficient (Wildman–Crippen LogP) is 2.89. The van der Waals surface area contributed by atoms with E-state index in [9.17, 15) is 0 Å². The molecule has 2 fully saturated rings.